The van der Waals surface area contributed by atoms with Crippen LogP contribution >= 0.6 is 0 Å². The molecule has 6 heterocycles. The molecule has 1 unspecified atom stereocenters. The van der Waals surface area contributed by atoms with Crippen molar-refractivity contribution in [1.82, 2.24) is 33.2 Å². The van der Waals surface area contributed by atoms with Crippen molar-refractivity contribution in [3.63, 3.8) is 0 Å². The molecule has 240 valence electrons. The average Bonchev–Trinajstić information content (AvgIpc) is 3.68. The van der Waals surface area contributed by atoms with Crippen molar-refractivity contribution in [2.45, 2.75) is 59.4 Å². The topological polar surface area (TPSA) is 124 Å². The maximum Gasteiger partial charge on any atom is 0.280 e. The Kier molecular flexibility index (Phi) is 7.46. The Balaban J connectivity index is 1.23. The summed E-state index contributed by atoms with van der Waals surface area (Å²) in [7, 11) is 3.40. The number of hydrogen-bond acceptors (Lipinski definition) is 8. The maximum atomic E-state index is 13.8. The quantitative estimate of drug-likeness (QED) is 0.270. The molecule has 12 heteroatoms. The van der Waals surface area contributed by atoms with E-state index in [-0.39, 0.29) is 29.2 Å². The fourth-order valence-electron chi connectivity index (χ4n) is 7.10. The molecular weight excluding hydrogens is 584 g/mol. The van der Waals surface area contributed by atoms with E-state index in [0.29, 0.717) is 46.1 Å². The van der Waals surface area contributed by atoms with Crippen molar-refractivity contribution < 1.29 is 9.84 Å². The molecule has 5 aromatic heterocycles. The third-order valence-electron chi connectivity index (χ3n) is 9.38. The number of aliphatic hydroxyl groups is 1. The van der Waals surface area contributed by atoms with Gasteiger partial charge in [0.15, 0.2) is 5.82 Å². The highest BCUT2D eigenvalue weighted by molar-refractivity contribution is 5.73. The predicted octanol–water partition coefficient (Wildman–Crippen LogP) is 3.26. The van der Waals surface area contributed by atoms with Gasteiger partial charge in [-0.1, -0.05) is 13.8 Å². The van der Waals surface area contributed by atoms with E-state index in [4.69, 9.17) is 9.84 Å². The first-order valence-electron chi connectivity index (χ1n) is 15.7. The standard InChI is InChI=1S/C34H40N8O4/c1-21(20-46-5)39-8-11-42-24(18-39)14-30(37-42)36-27-12-23(17-38(4)32(27)44)25-6-7-35-31(26(25)19-43)41-10-9-40-28(33(41)45)13-22-15-34(2,3)16-29(22)40/h6-7,9-10,12-14,17,21,43H,8,11,15-16,18-20H2,1-5H3,(H,36,37). The Bertz CT molecular complexity index is 2090. The summed E-state index contributed by atoms with van der Waals surface area (Å²) >= 11 is 0. The van der Waals surface area contributed by atoms with Crippen molar-refractivity contribution in [3.05, 3.63) is 92.3 Å². The molecule has 0 fully saturated rings. The largest absolute Gasteiger partial charge is 0.392 e. The fraction of sp³-hybridized carbons (Fsp3) is 0.412. The van der Waals surface area contributed by atoms with E-state index in [1.165, 1.54) is 20.4 Å². The molecule has 2 aliphatic rings. The summed E-state index contributed by atoms with van der Waals surface area (Å²) in [5.74, 6) is 0.942. The molecule has 12 nitrogen and oxygen atoms in total. The van der Waals surface area contributed by atoms with Crippen LogP contribution in [-0.2, 0) is 44.3 Å². The van der Waals surface area contributed by atoms with Gasteiger partial charge in [-0.15, -0.1) is 0 Å². The molecule has 0 radical (unpaired) electrons. The first-order valence-corrected chi connectivity index (χ1v) is 15.7. The van der Waals surface area contributed by atoms with Gasteiger partial charge in [-0.05, 0) is 54.5 Å². The predicted molar refractivity (Wildman–Crippen MR) is 176 cm³/mol. The molecular formula is C34H40N8O4. The highest BCUT2D eigenvalue weighted by Gasteiger charge is 2.32. The van der Waals surface area contributed by atoms with Crippen LogP contribution in [0.15, 0.2) is 58.6 Å². The number of methoxy groups -OCH3 is 1. The van der Waals surface area contributed by atoms with Crippen molar-refractivity contribution >= 4 is 17.0 Å². The highest BCUT2D eigenvalue weighted by Crippen LogP contribution is 2.37. The van der Waals surface area contributed by atoms with Crippen LogP contribution in [0.3, 0.4) is 0 Å². The van der Waals surface area contributed by atoms with Gasteiger partial charge in [0.25, 0.3) is 11.1 Å². The highest BCUT2D eigenvalue weighted by atomic mass is 16.5. The maximum absolute atomic E-state index is 13.8. The van der Waals surface area contributed by atoms with Crippen LogP contribution in [0, 0.1) is 5.41 Å². The minimum atomic E-state index is -0.348. The van der Waals surface area contributed by atoms with Gasteiger partial charge in [0, 0.05) is 81.0 Å². The summed E-state index contributed by atoms with van der Waals surface area (Å²) < 4.78 is 12.3. The lowest BCUT2D eigenvalue weighted by Crippen LogP contribution is -2.41. The summed E-state index contributed by atoms with van der Waals surface area (Å²) in [5.41, 5.74) is 5.99. The van der Waals surface area contributed by atoms with Crippen molar-refractivity contribution in [2.75, 3.05) is 25.6 Å². The van der Waals surface area contributed by atoms with E-state index in [1.807, 2.05) is 27.4 Å². The zero-order valence-corrected chi connectivity index (χ0v) is 26.9. The Morgan fingerprint density at radius 3 is 2.72 bits per heavy atom. The van der Waals surface area contributed by atoms with Crippen LogP contribution in [0.5, 0.6) is 0 Å². The SMILES string of the molecule is COCC(C)N1CCn2nc(Nc3cc(-c4ccnc(-n5ccn6c7c(cc6c5=O)CC(C)(C)C7)c4CO)cn(C)c3=O)cc2C1. The lowest BCUT2D eigenvalue weighted by Gasteiger charge is -2.32. The molecule has 0 spiro atoms. The third-order valence-corrected chi connectivity index (χ3v) is 9.38. The van der Waals surface area contributed by atoms with E-state index in [9.17, 15) is 14.7 Å². The number of fused-ring (bicyclic) bond motifs is 4. The first-order chi connectivity index (χ1) is 22.1. The molecule has 1 aliphatic heterocycles. The van der Waals surface area contributed by atoms with Crippen LogP contribution in [-0.4, -0.2) is 64.6 Å². The van der Waals surface area contributed by atoms with E-state index >= 15 is 0 Å². The van der Waals surface area contributed by atoms with Gasteiger partial charge in [-0.3, -0.25) is 23.7 Å². The number of ether oxygens (including phenoxy) is 1. The lowest BCUT2D eigenvalue weighted by molar-refractivity contribution is 0.0797. The summed E-state index contributed by atoms with van der Waals surface area (Å²) in [4.78, 5) is 33.9. The second kappa shape index (κ2) is 11.4. The molecule has 0 amide bonds. The third kappa shape index (κ3) is 5.16. The molecule has 5 aromatic rings. The number of aliphatic hydroxyl groups excluding tert-OH is 1. The molecule has 0 bridgehead atoms. The monoisotopic (exact) mass is 624 g/mol. The van der Waals surface area contributed by atoms with Gasteiger partial charge in [0.1, 0.15) is 17.0 Å². The average molecular weight is 625 g/mol. The number of nitrogens with zero attached hydrogens (tertiary/aromatic N) is 7. The molecule has 1 atom stereocenters. The molecule has 1 aliphatic carbocycles. The number of hydrogen-bond donors (Lipinski definition) is 2. The van der Waals surface area contributed by atoms with Crippen molar-refractivity contribution in [2.24, 2.45) is 12.5 Å². The Labute approximate surface area is 266 Å². The number of aromatic nitrogens is 6. The number of pyridine rings is 2. The van der Waals surface area contributed by atoms with Crippen molar-refractivity contribution in [1.29, 1.82) is 0 Å². The Morgan fingerprint density at radius 2 is 1.93 bits per heavy atom. The van der Waals surface area contributed by atoms with E-state index < -0.39 is 0 Å². The van der Waals surface area contributed by atoms with Gasteiger partial charge in [-0.2, -0.15) is 5.10 Å². The molecule has 7 rings (SSSR count). The smallest absolute Gasteiger partial charge is 0.280 e. The fourth-order valence-corrected chi connectivity index (χ4v) is 7.10. The molecule has 0 saturated carbocycles. The first kappa shape index (κ1) is 30.2. The summed E-state index contributed by atoms with van der Waals surface area (Å²) in [5, 5.41) is 18.6. The second-order valence-electron chi connectivity index (χ2n) is 13.4. The van der Waals surface area contributed by atoms with Crippen LogP contribution < -0.4 is 16.4 Å². The Morgan fingerprint density at radius 1 is 1.11 bits per heavy atom. The number of anilines is 2. The second-order valence-corrected chi connectivity index (χ2v) is 13.4. The number of rotatable bonds is 8. The van der Waals surface area contributed by atoms with E-state index in [1.54, 1.807) is 44.9 Å². The Hall–Kier alpha value is -4.52. The van der Waals surface area contributed by atoms with Crippen LogP contribution in [0.2, 0.25) is 0 Å². The summed E-state index contributed by atoms with van der Waals surface area (Å²) in [6.45, 7) is 9.30. The minimum Gasteiger partial charge on any atom is -0.392 e. The summed E-state index contributed by atoms with van der Waals surface area (Å²) in [6, 6.07) is 7.80. The van der Waals surface area contributed by atoms with Gasteiger partial charge >= 0.3 is 0 Å². The van der Waals surface area contributed by atoms with Crippen LogP contribution in [0.4, 0.5) is 11.5 Å². The van der Waals surface area contributed by atoms with E-state index in [0.717, 1.165) is 38.2 Å². The van der Waals surface area contributed by atoms with Gasteiger partial charge in [0.05, 0.1) is 25.5 Å². The molecule has 46 heavy (non-hydrogen) atoms. The van der Waals surface area contributed by atoms with Crippen LogP contribution in [0.1, 0.15) is 43.3 Å². The van der Waals surface area contributed by atoms with E-state index in [2.05, 4.69) is 36.0 Å². The van der Waals surface area contributed by atoms with Gasteiger partial charge in [-0.25, -0.2) is 4.98 Å². The lowest BCUT2D eigenvalue weighted by atomic mass is 9.90. The zero-order valence-electron chi connectivity index (χ0n) is 26.9. The molecule has 0 saturated heterocycles. The zero-order chi connectivity index (χ0) is 32.3. The normalized spacial score (nSPS) is 16.5. The van der Waals surface area contributed by atoms with Gasteiger partial charge < -0.3 is 24.1 Å². The van der Waals surface area contributed by atoms with Crippen molar-refractivity contribution in [3.8, 4) is 16.9 Å². The van der Waals surface area contributed by atoms with Crippen LogP contribution in [0.25, 0.3) is 22.5 Å². The number of nitrogens with one attached hydrogen (secondary N) is 1. The number of aryl methyl sites for hydroxylation is 1. The van der Waals surface area contributed by atoms with Gasteiger partial charge in [0.2, 0.25) is 0 Å². The molecule has 2 N–H and O–H groups in total. The summed E-state index contributed by atoms with van der Waals surface area (Å²) in [6.07, 6.45) is 8.81. The molecule has 0 aromatic carbocycles. The minimum absolute atomic E-state index is 0.172.